The van der Waals surface area contributed by atoms with E-state index in [9.17, 15) is 4.79 Å². The minimum absolute atomic E-state index is 0.0174. The van der Waals surface area contributed by atoms with E-state index in [0.717, 1.165) is 38.2 Å². The first-order valence-corrected chi connectivity index (χ1v) is 8.10. The van der Waals surface area contributed by atoms with Crippen LogP contribution in [0.4, 0.5) is 0 Å². The summed E-state index contributed by atoms with van der Waals surface area (Å²) in [5.74, 6) is 0.570. The van der Waals surface area contributed by atoms with Gasteiger partial charge in [-0.3, -0.25) is 4.79 Å². The lowest BCUT2D eigenvalue weighted by Gasteiger charge is -2.34. The fraction of sp³-hybridized carbons (Fsp3) is 0.765. The predicted octanol–water partition coefficient (Wildman–Crippen LogP) is 2.66. The number of hydrogen-bond acceptors (Lipinski definition) is 3. The van der Waals surface area contributed by atoms with E-state index in [2.05, 4.69) is 44.6 Å². The molecule has 118 valence electrons. The molecule has 0 saturated carbocycles. The zero-order chi connectivity index (χ0) is 15.6. The summed E-state index contributed by atoms with van der Waals surface area (Å²) < 4.78 is 1.68. The highest BCUT2D eigenvalue weighted by atomic mass is 16.1. The fourth-order valence-corrected chi connectivity index (χ4v) is 2.88. The molecule has 0 aromatic carbocycles. The summed E-state index contributed by atoms with van der Waals surface area (Å²) in [5, 5.41) is 4.58. The van der Waals surface area contributed by atoms with Crippen molar-refractivity contribution in [2.24, 2.45) is 5.92 Å². The van der Waals surface area contributed by atoms with Gasteiger partial charge in [0.2, 0.25) is 0 Å². The number of piperidine rings is 1. The molecule has 1 fully saturated rings. The van der Waals surface area contributed by atoms with Gasteiger partial charge in [0.1, 0.15) is 0 Å². The standard InChI is InChI=1S/C17H29N3O/c1-13(2)19-10-8-14(9-11-19)12-20-16(21)7-6-15(18-20)17(3,4)5/h6-7,13-14H,8-12H2,1-5H3. The molecule has 1 aliphatic heterocycles. The highest BCUT2D eigenvalue weighted by molar-refractivity contribution is 5.10. The van der Waals surface area contributed by atoms with Gasteiger partial charge in [0.15, 0.2) is 0 Å². The van der Waals surface area contributed by atoms with Crippen molar-refractivity contribution in [2.45, 2.75) is 65.5 Å². The van der Waals surface area contributed by atoms with E-state index in [1.54, 1.807) is 10.7 Å². The molecule has 1 aromatic rings. The van der Waals surface area contributed by atoms with Crippen molar-refractivity contribution in [1.29, 1.82) is 0 Å². The Hall–Kier alpha value is -1.16. The van der Waals surface area contributed by atoms with E-state index < -0.39 is 0 Å². The maximum Gasteiger partial charge on any atom is 0.266 e. The number of aromatic nitrogens is 2. The maximum atomic E-state index is 12.0. The minimum Gasteiger partial charge on any atom is -0.301 e. The first kappa shape index (κ1) is 16.2. The van der Waals surface area contributed by atoms with Crippen molar-refractivity contribution in [2.75, 3.05) is 13.1 Å². The molecule has 0 aliphatic carbocycles. The van der Waals surface area contributed by atoms with Gasteiger partial charge in [0.05, 0.1) is 5.69 Å². The quantitative estimate of drug-likeness (QED) is 0.859. The maximum absolute atomic E-state index is 12.0. The molecule has 0 radical (unpaired) electrons. The van der Waals surface area contributed by atoms with E-state index >= 15 is 0 Å². The molecular formula is C17H29N3O. The van der Waals surface area contributed by atoms with Crippen LogP contribution in [-0.2, 0) is 12.0 Å². The SMILES string of the molecule is CC(C)N1CCC(Cn2nc(C(C)(C)C)ccc2=O)CC1. The molecule has 21 heavy (non-hydrogen) atoms. The van der Waals surface area contributed by atoms with Crippen molar-refractivity contribution >= 4 is 0 Å². The largest absolute Gasteiger partial charge is 0.301 e. The van der Waals surface area contributed by atoms with Crippen molar-refractivity contribution in [3.8, 4) is 0 Å². The number of nitrogens with zero attached hydrogens (tertiary/aromatic N) is 3. The summed E-state index contributed by atoms with van der Waals surface area (Å²) in [6.07, 6.45) is 2.32. The first-order chi connectivity index (χ1) is 9.77. The van der Waals surface area contributed by atoms with Gasteiger partial charge in [-0.15, -0.1) is 0 Å². The van der Waals surface area contributed by atoms with E-state index in [-0.39, 0.29) is 11.0 Å². The number of likely N-dealkylation sites (tertiary alicyclic amines) is 1. The molecule has 2 heterocycles. The second-order valence-electron chi connectivity index (χ2n) is 7.56. The second kappa shape index (κ2) is 6.30. The Kier molecular flexibility index (Phi) is 4.87. The Morgan fingerprint density at radius 3 is 2.38 bits per heavy atom. The summed E-state index contributed by atoms with van der Waals surface area (Å²) >= 11 is 0. The van der Waals surface area contributed by atoms with Crippen molar-refractivity contribution < 1.29 is 0 Å². The van der Waals surface area contributed by atoms with Gasteiger partial charge in [0.25, 0.3) is 5.56 Å². The fourth-order valence-electron chi connectivity index (χ4n) is 2.88. The van der Waals surface area contributed by atoms with Crippen molar-refractivity contribution in [3.05, 3.63) is 28.2 Å². The van der Waals surface area contributed by atoms with E-state index in [0.29, 0.717) is 12.0 Å². The molecule has 2 rings (SSSR count). The highest BCUT2D eigenvalue weighted by Gasteiger charge is 2.22. The molecule has 0 N–H and O–H groups in total. The van der Waals surface area contributed by atoms with Gasteiger partial charge < -0.3 is 4.90 Å². The molecular weight excluding hydrogens is 262 g/mol. The Balaban J connectivity index is 2.05. The first-order valence-electron chi connectivity index (χ1n) is 8.10. The van der Waals surface area contributed by atoms with Crippen LogP contribution in [0.5, 0.6) is 0 Å². The van der Waals surface area contributed by atoms with Gasteiger partial charge in [-0.05, 0) is 51.8 Å². The lowest BCUT2D eigenvalue weighted by atomic mass is 9.92. The molecule has 1 saturated heterocycles. The topological polar surface area (TPSA) is 38.1 Å². The number of hydrogen-bond donors (Lipinski definition) is 0. The van der Waals surface area contributed by atoms with Gasteiger partial charge in [-0.25, -0.2) is 4.68 Å². The Morgan fingerprint density at radius 1 is 1.24 bits per heavy atom. The van der Waals surface area contributed by atoms with Crippen molar-refractivity contribution in [3.63, 3.8) is 0 Å². The van der Waals surface area contributed by atoms with Gasteiger partial charge in [-0.2, -0.15) is 5.10 Å². The van der Waals surface area contributed by atoms with Crippen LogP contribution < -0.4 is 5.56 Å². The molecule has 4 heteroatoms. The monoisotopic (exact) mass is 291 g/mol. The van der Waals surface area contributed by atoms with Crippen molar-refractivity contribution in [1.82, 2.24) is 14.7 Å². The van der Waals surface area contributed by atoms with E-state index in [4.69, 9.17) is 0 Å². The lowest BCUT2D eigenvalue weighted by Crippen LogP contribution is -2.40. The zero-order valence-electron chi connectivity index (χ0n) is 14.1. The normalized spacial score (nSPS) is 18.4. The smallest absolute Gasteiger partial charge is 0.266 e. The van der Waals surface area contributed by atoms with Crippen LogP contribution in [0.3, 0.4) is 0 Å². The molecule has 0 spiro atoms. The summed E-state index contributed by atoms with van der Waals surface area (Å²) in [6.45, 7) is 13.9. The summed E-state index contributed by atoms with van der Waals surface area (Å²) in [4.78, 5) is 14.5. The van der Waals surface area contributed by atoms with Gasteiger partial charge >= 0.3 is 0 Å². The molecule has 1 aliphatic rings. The number of rotatable bonds is 3. The van der Waals surface area contributed by atoms with Crippen LogP contribution in [0, 0.1) is 5.92 Å². The van der Waals surface area contributed by atoms with Crippen LogP contribution in [0.15, 0.2) is 16.9 Å². The van der Waals surface area contributed by atoms with Crippen LogP contribution in [-0.4, -0.2) is 33.8 Å². The summed E-state index contributed by atoms with van der Waals surface area (Å²) in [7, 11) is 0. The predicted molar refractivity (Wildman–Crippen MR) is 86.6 cm³/mol. The third-order valence-corrected chi connectivity index (χ3v) is 4.45. The lowest BCUT2D eigenvalue weighted by molar-refractivity contribution is 0.138. The van der Waals surface area contributed by atoms with Gasteiger partial charge in [-0.1, -0.05) is 20.8 Å². The molecule has 0 unspecified atom stereocenters. The van der Waals surface area contributed by atoms with Crippen LogP contribution in [0.25, 0.3) is 0 Å². The van der Waals surface area contributed by atoms with Crippen LogP contribution in [0.2, 0.25) is 0 Å². The Morgan fingerprint density at radius 2 is 1.86 bits per heavy atom. The molecule has 0 atom stereocenters. The van der Waals surface area contributed by atoms with Crippen LogP contribution in [0.1, 0.15) is 53.2 Å². The van der Waals surface area contributed by atoms with E-state index in [1.807, 2.05) is 6.07 Å². The highest BCUT2D eigenvalue weighted by Crippen LogP contribution is 2.21. The average Bonchev–Trinajstić information content (AvgIpc) is 2.40. The minimum atomic E-state index is -0.0174. The summed E-state index contributed by atoms with van der Waals surface area (Å²) in [5.41, 5.74) is 0.993. The van der Waals surface area contributed by atoms with Crippen LogP contribution >= 0.6 is 0 Å². The molecule has 4 nitrogen and oxygen atoms in total. The molecule has 0 amide bonds. The Bertz CT molecular complexity index is 520. The average molecular weight is 291 g/mol. The summed E-state index contributed by atoms with van der Waals surface area (Å²) in [6, 6.07) is 4.15. The zero-order valence-corrected chi connectivity index (χ0v) is 14.1. The third-order valence-electron chi connectivity index (χ3n) is 4.45. The van der Waals surface area contributed by atoms with E-state index in [1.165, 1.54) is 0 Å². The second-order valence-corrected chi connectivity index (χ2v) is 7.56. The molecule has 1 aromatic heterocycles. The Labute approximate surface area is 128 Å². The third kappa shape index (κ3) is 4.16. The van der Waals surface area contributed by atoms with Gasteiger partial charge in [0, 0.05) is 24.1 Å². The molecule has 0 bridgehead atoms.